The fourth-order valence-electron chi connectivity index (χ4n) is 1.77. The Morgan fingerprint density at radius 3 is 2.76 bits per heavy atom. The van der Waals surface area contributed by atoms with Crippen molar-refractivity contribution in [1.82, 2.24) is 15.0 Å². The van der Waals surface area contributed by atoms with Crippen molar-refractivity contribution in [2.75, 3.05) is 0 Å². The number of rotatable bonds is 3. The number of nitrogens with two attached hydrogens (primary N) is 1. The summed E-state index contributed by atoms with van der Waals surface area (Å²) in [6.07, 6.45) is 0. The quantitative estimate of drug-likeness (QED) is 0.883. The highest BCUT2D eigenvalue weighted by Crippen LogP contribution is 2.19. The van der Waals surface area contributed by atoms with Crippen molar-refractivity contribution in [2.24, 2.45) is 5.73 Å². The van der Waals surface area contributed by atoms with Gasteiger partial charge in [-0.15, -0.1) is 5.10 Å². The SMILES string of the molecule is CC(C)c1nnn(-c2cccc(F)c2)c1CN. The van der Waals surface area contributed by atoms with E-state index in [1.165, 1.54) is 12.1 Å². The summed E-state index contributed by atoms with van der Waals surface area (Å²) in [5.74, 6) is -0.0528. The number of aromatic nitrogens is 3. The molecule has 0 aliphatic carbocycles. The lowest BCUT2D eigenvalue weighted by atomic mass is 10.1. The van der Waals surface area contributed by atoms with E-state index in [0.717, 1.165) is 11.4 Å². The van der Waals surface area contributed by atoms with E-state index in [0.29, 0.717) is 12.2 Å². The Hall–Kier alpha value is -1.75. The van der Waals surface area contributed by atoms with Crippen LogP contribution in [-0.4, -0.2) is 15.0 Å². The average molecular weight is 234 g/mol. The molecule has 90 valence electrons. The predicted molar refractivity (Wildman–Crippen MR) is 63.3 cm³/mol. The van der Waals surface area contributed by atoms with Gasteiger partial charge in [0.1, 0.15) is 5.82 Å². The lowest BCUT2D eigenvalue weighted by molar-refractivity contribution is 0.624. The lowest BCUT2D eigenvalue weighted by Crippen LogP contribution is -2.09. The smallest absolute Gasteiger partial charge is 0.125 e. The van der Waals surface area contributed by atoms with Gasteiger partial charge in [-0.2, -0.15) is 0 Å². The van der Waals surface area contributed by atoms with E-state index in [2.05, 4.69) is 10.3 Å². The molecule has 0 fully saturated rings. The van der Waals surface area contributed by atoms with Gasteiger partial charge in [0.15, 0.2) is 0 Å². The monoisotopic (exact) mass is 234 g/mol. The summed E-state index contributed by atoms with van der Waals surface area (Å²) in [4.78, 5) is 0. The molecule has 0 unspecified atom stereocenters. The van der Waals surface area contributed by atoms with E-state index in [9.17, 15) is 4.39 Å². The lowest BCUT2D eigenvalue weighted by Gasteiger charge is -2.07. The second-order valence-corrected chi connectivity index (χ2v) is 4.17. The van der Waals surface area contributed by atoms with Gasteiger partial charge in [-0.25, -0.2) is 9.07 Å². The molecule has 1 aromatic heterocycles. The van der Waals surface area contributed by atoms with Crippen LogP contribution in [0.1, 0.15) is 31.2 Å². The summed E-state index contributed by atoms with van der Waals surface area (Å²) in [6.45, 7) is 4.38. The van der Waals surface area contributed by atoms with Crippen molar-refractivity contribution >= 4 is 0 Å². The van der Waals surface area contributed by atoms with E-state index in [1.807, 2.05) is 13.8 Å². The van der Waals surface area contributed by atoms with Gasteiger partial charge in [0.2, 0.25) is 0 Å². The highest BCUT2D eigenvalue weighted by atomic mass is 19.1. The number of halogens is 1. The molecule has 0 saturated heterocycles. The van der Waals surface area contributed by atoms with Crippen LogP contribution < -0.4 is 5.73 Å². The average Bonchev–Trinajstić information content (AvgIpc) is 2.72. The van der Waals surface area contributed by atoms with Crippen LogP contribution >= 0.6 is 0 Å². The third-order valence-electron chi connectivity index (χ3n) is 2.59. The molecule has 0 amide bonds. The molecule has 2 N–H and O–H groups in total. The summed E-state index contributed by atoms with van der Waals surface area (Å²) < 4.78 is 14.8. The minimum absolute atomic E-state index is 0.246. The second-order valence-electron chi connectivity index (χ2n) is 4.17. The first-order valence-corrected chi connectivity index (χ1v) is 5.54. The topological polar surface area (TPSA) is 56.7 Å². The van der Waals surface area contributed by atoms with Crippen molar-refractivity contribution in [3.63, 3.8) is 0 Å². The molecule has 0 spiro atoms. The van der Waals surface area contributed by atoms with Gasteiger partial charge in [0.05, 0.1) is 17.1 Å². The summed E-state index contributed by atoms with van der Waals surface area (Å²) >= 11 is 0. The van der Waals surface area contributed by atoms with Gasteiger partial charge in [-0.3, -0.25) is 0 Å². The second kappa shape index (κ2) is 4.63. The number of hydrogen-bond donors (Lipinski definition) is 1. The van der Waals surface area contributed by atoms with E-state index in [4.69, 9.17) is 5.73 Å². The maximum absolute atomic E-state index is 13.2. The zero-order chi connectivity index (χ0) is 12.4. The van der Waals surface area contributed by atoms with Gasteiger partial charge < -0.3 is 5.73 Å². The van der Waals surface area contributed by atoms with Crippen molar-refractivity contribution in [1.29, 1.82) is 0 Å². The summed E-state index contributed by atoms with van der Waals surface area (Å²) in [7, 11) is 0. The van der Waals surface area contributed by atoms with E-state index in [1.54, 1.807) is 16.8 Å². The van der Waals surface area contributed by atoms with Crippen LogP contribution in [0, 0.1) is 5.82 Å². The molecule has 0 aliphatic rings. The van der Waals surface area contributed by atoms with E-state index >= 15 is 0 Å². The number of benzene rings is 1. The molecule has 1 heterocycles. The zero-order valence-electron chi connectivity index (χ0n) is 9.89. The molecule has 2 rings (SSSR count). The molecule has 5 heteroatoms. The molecule has 4 nitrogen and oxygen atoms in total. The van der Waals surface area contributed by atoms with Gasteiger partial charge in [-0.05, 0) is 24.1 Å². The molecule has 0 saturated carbocycles. The summed E-state index contributed by atoms with van der Waals surface area (Å²) in [5.41, 5.74) is 8.04. The maximum atomic E-state index is 13.2. The molecular weight excluding hydrogens is 219 g/mol. The Labute approximate surface area is 99.2 Å². The van der Waals surface area contributed by atoms with Gasteiger partial charge in [0, 0.05) is 6.54 Å². The minimum Gasteiger partial charge on any atom is -0.325 e. The first kappa shape index (κ1) is 11.7. The largest absolute Gasteiger partial charge is 0.325 e. The van der Waals surface area contributed by atoms with E-state index < -0.39 is 0 Å². The van der Waals surface area contributed by atoms with Crippen LogP contribution in [0.5, 0.6) is 0 Å². The first-order chi connectivity index (χ1) is 8.13. The number of hydrogen-bond acceptors (Lipinski definition) is 3. The summed E-state index contributed by atoms with van der Waals surface area (Å²) in [6, 6.07) is 6.23. The normalized spacial score (nSPS) is 11.1. The van der Waals surface area contributed by atoms with Gasteiger partial charge in [0.25, 0.3) is 0 Å². The van der Waals surface area contributed by atoms with Crippen LogP contribution in [0.3, 0.4) is 0 Å². The first-order valence-electron chi connectivity index (χ1n) is 5.54. The van der Waals surface area contributed by atoms with Crippen LogP contribution in [0.2, 0.25) is 0 Å². The predicted octanol–water partition coefficient (Wildman–Crippen LogP) is 1.99. The fourth-order valence-corrected chi connectivity index (χ4v) is 1.77. The summed E-state index contributed by atoms with van der Waals surface area (Å²) in [5, 5.41) is 8.14. The van der Waals surface area contributed by atoms with Crippen molar-refractivity contribution in [3.8, 4) is 5.69 Å². The third-order valence-corrected chi connectivity index (χ3v) is 2.59. The molecule has 2 aromatic rings. The minimum atomic E-state index is -0.299. The molecule has 0 atom stereocenters. The Balaban J connectivity index is 2.52. The van der Waals surface area contributed by atoms with Crippen LogP contribution in [0.4, 0.5) is 4.39 Å². The Morgan fingerprint density at radius 2 is 2.18 bits per heavy atom. The maximum Gasteiger partial charge on any atom is 0.125 e. The molecule has 0 radical (unpaired) electrons. The van der Waals surface area contributed by atoms with Crippen molar-refractivity contribution in [3.05, 3.63) is 41.5 Å². The van der Waals surface area contributed by atoms with Gasteiger partial charge in [-0.1, -0.05) is 25.1 Å². The Morgan fingerprint density at radius 1 is 1.41 bits per heavy atom. The fraction of sp³-hybridized carbons (Fsp3) is 0.333. The van der Waals surface area contributed by atoms with E-state index in [-0.39, 0.29) is 11.7 Å². The standard InChI is InChI=1S/C12H15FN4/c1-8(2)12-11(7-14)17(16-15-12)10-5-3-4-9(13)6-10/h3-6,8H,7,14H2,1-2H3. The molecule has 0 bridgehead atoms. The van der Waals surface area contributed by atoms with Gasteiger partial charge >= 0.3 is 0 Å². The van der Waals surface area contributed by atoms with Crippen LogP contribution in [0.25, 0.3) is 5.69 Å². The highest BCUT2D eigenvalue weighted by Gasteiger charge is 2.15. The van der Waals surface area contributed by atoms with Crippen molar-refractivity contribution < 1.29 is 4.39 Å². The molecule has 17 heavy (non-hydrogen) atoms. The molecule has 1 aromatic carbocycles. The Kier molecular flexibility index (Phi) is 3.19. The van der Waals surface area contributed by atoms with Crippen molar-refractivity contribution in [2.45, 2.75) is 26.3 Å². The van der Waals surface area contributed by atoms with Crippen LogP contribution in [0.15, 0.2) is 24.3 Å². The molecular formula is C12H15FN4. The molecule has 0 aliphatic heterocycles. The zero-order valence-corrected chi connectivity index (χ0v) is 9.89. The number of nitrogens with zero attached hydrogens (tertiary/aromatic N) is 3. The highest BCUT2D eigenvalue weighted by molar-refractivity contribution is 5.34. The third kappa shape index (κ3) is 2.19. The Bertz CT molecular complexity index is 519. The van der Waals surface area contributed by atoms with Crippen LogP contribution in [-0.2, 0) is 6.54 Å².